The summed E-state index contributed by atoms with van der Waals surface area (Å²) in [6.07, 6.45) is 5.45. The Kier molecular flexibility index (Phi) is 3.60. The van der Waals surface area contributed by atoms with E-state index in [0.29, 0.717) is 5.52 Å². The van der Waals surface area contributed by atoms with Gasteiger partial charge < -0.3 is 5.32 Å². The third-order valence-electron chi connectivity index (χ3n) is 4.02. The Bertz CT molecular complexity index is 649. The van der Waals surface area contributed by atoms with Crippen LogP contribution in [-0.2, 0) is 12.8 Å². The number of aryl methyl sites for hydroxylation is 2. The predicted molar refractivity (Wildman–Crippen MR) is 81.9 cm³/mol. The van der Waals surface area contributed by atoms with Gasteiger partial charge in [-0.3, -0.25) is 0 Å². The van der Waals surface area contributed by atoms with Crippen molar-refractivity contribution in [3.05, 3.63) is 34.8 Å². The normalized spacial score (nSPS) is 14.3. The Morgan fingerprint density at radius 2 is 2.05 bits per heavy atom. The van der Waals surface area contributed by atoms with Crippen LogP contribution >= 0.6 is 0 Å². The molecule has 2 aromatic rings. The highest BCUT2D eigenvalue weighted by molar-refractivity contribution is 5.94. The lowest BCUT2D eigenvalue weighted by molar-refractivity contribution is 0.631. The van der Waals surface area contributed by atoms with E-state index in [4.69, 9.17) is 0 Å². The SMILES string of the molecule is CCCNc1c2c(nc3c(F)cc(C)cc13)CCCC2. The van der Waals surface area contributed by atoms with Crippen molar-refractivity contribution in [1.82, 2.24) is 4.98 Å². The van der Waals surface area contributed by atoms with Gasteiger partial charge in [-0.15, -0.1) is 0 Å². The lowest BCUT2D eigenvalue weighted by atomic mass is 9.92. The van der Waals surface area contributed by atoms with E-state index in [0.717, 1.165) is 54.6 Å². The molecule has 20 heavy (non-hydrogen) atoms. The molecule has 0 radical (unpaired) electrons. The molecule has 0 aliphatic heterocycles. The van der Waals surface area contributed by atoms with Crippen molar-refractivity contribution in [1.29, 1.82) is 0 Å². The zero-order valence-electron chi connectivity index (χ0n) is 12.2. The van der Waals surface area contributed by atoms with Gasteiger partial charge in [0.1, 0.15) is 11.3 Å². The van der Waals surface area contributed by atoms with Crippen molar-refractivity contribution >= 4 is 16.6 Å². The largest absolute Gasteiger partial charge is 0.384 e. The lowest BCUT2D eigenvalue weighted by Crippen LogP contribution is -2.12. The molecule has 3 rings (SSSR count). The molecule has 2 nitrogen and oxygen atoms in total. The summed E-state index contributed by atoms with van der Waals surface area (Å²) in [5.74, 6) is -0.201. The van der Waals surface area contributed by atoms with Crippen LogP contribution in [0.15, 0.2) is 12.1 Å². The monoisotopic (exact) mass is 272 g/mol. The molecule has 1 aliphatic rings. The van der Waals surface area contributed by atoms with Gasteiger partial charge in [0.05, 0.1) is 0 Å². The molecule has 1 aliphatic carbocycles. The van der Waals surface area contributed by atoms with Gasteiger partial charge in [0, 0.05) is 23.3 Å². The van der Waals surface area contributed by atoms with E-state index in [1.54, 1.807) is 6.07 Å². The first-order valence-electron chi connectivity index (χ1n) is 7.56. The van der Waals surface area contributed by atoms with Crippen LogP contribution < -0.4 is 5.32 Å². The van der Waals surface area contributed by atoms with Crippen LogP contribution in [0.4, 0.5) is 10.1 Å². The summed E-state index contributed by atoms with van der Waals surface area (Å²) in [5, 5.41) is 4.45. The Morgan fingerprint density at radius 1 is 1.25 bits per heavy atom. The zero-order valence-corrected chi connectivity index (χ0v) is 12.2. The van der Waals surface area contributed by atoms with Crippen molar-refractivity contribution in [2.45, 2.75) is 46.0 Å². The molecule has 0 bridgehead atoms. The van der Waals surface area contributed by atoms with Crippen LogP contribution in [0.5, 0.6) is 0 Å². The van der Waals surface area contributed by atoms with Crippen molar-refractivity contribution in [2.75, 3.05) is 11.9 Å². The van der Waals surface area contributed by atoms with E-state index in [1.165, 1.54) is 12.0 Å². The number of aromatic nitrogens is 1. The van der Waals surface area contributed by atoms with Gasteiger partial charge in [0.2, 0.25) is 0 Å². The van der Waals surface area contributed by atoms with Crippen molar-refractivity contribution in [3.8, 4) is 0 Å². The summed E-state index contributed by atoms with van der Waals surface area (Å²) in [5.41, 5.74) is 4.99. The number of anilines is 1. The van der Waals surface area contributed by atoms with Gasteiger partial charge in [0.15, 0.2) is 0 Å². The molecule has 0 amide bonds. The molecular weight excluding hydrogens is 251 g/mol. The predicted octanol–water partition coefficient (Wildman–Crippen LogP) is 4.38. The molecule has 106 valence electrons. The molecular formula is C17H21FN2. The van der Waals surface area contributed by atoms with Gasteiger partial charge >= 0.3 is 0 Å². The molecule has 1 aromatic heterocycles. The van der Waals surface area contributed by atoms with Crippen LogP contribution in [0, 0.1) is 12.7 Å². The average Bonchev–Trinajstić information content (AvgIpc) is 2.44. The minimum Gasteiger partial charge on any atom is -0.384 e. The number of nitrogens with one attached hydrogen (secondary N) is 1. The van der Waals surface area contributed by atoms with Crippen molar-refractivity contribution in [3.63, 3.8) is 0 Å². The smallest absolute Gasteiger partial charge is 0.149 e. The number of pyridine rings is 1. The molecule has 0 spiro atoms. The van der Waals surface area contributed by atoms with E-state index in [2.05, 4.69) is 23.3 Å². The first-order valence-corrected chi connectivity index (χ1v) is 7.56. The average molecular weight is 272 g/mol. The van der Waals surface area contributed by atoms with Crippen LogP contribution in [0.3, 0.4) is 0 Å². The Labute approximate surface area is 119 Å². The maximum atomic E-state index is 14.2. The number of hydrogen-bond donors (Lipinski definition) is 1. The van der Waals surface area contributed by atoms with Gasteiger partial charge in [0.25, 0.3) is 0 Å². The Morgan fingerprint density at radius 3 is 2.85 bits per heavy atom. The van der Waals surface area contributed by atoms with Gasteiger partial charge in [-0.1, -0.05) is 6.92 Å². The summed E-state index contributed by atoms with van der Waals surface area (Å²) in [4.78, 5) is 4.61. The lowest BCUT2D eigenvalue weighted by Gasteiger charge is -2.22. The zero-order chi connectivity index (χ0) is 14.1. The van der Waals surface area contributed by atoms with Crippen molar-refractivity contribution < 1.29 is 4.39 Å². The van der Waals surface area contributed by atoms with E-state index >= 15 is 0 Å². The summed E-state index contributed by atoms with van der Waals surface area (Å²) < 4.78 is 14.2. The molecule has 0 unspecified atom stereocenters. The molecule has 0 fully saturated rings. The number of halogens is 1. The molecule has 1 heterocycles. The third kappa shape index (κ3) is 2.26. The van der Waals surface area contributed by atoms with Crippen LogP contribution in [0.25, 0.3) is 10.9 Å². The van der Waals surface area contributed by atoms with Crippen LogP contribution in [-0.4, -0.2) is 11.5 Å². The topological polar surface area (TPSA) is 24.9 Å². The van der Waals surface area contributed by atoms with Gasteiger partial charge in [-0.05, 0) is 62.3 Å². The van der Waals surface area contributed by atoms with Gasteiger partial charge in [-0.2, -0.15) is 0 Å². The van der Waals surface area contributed by atoms with Crippen LogP contribution in [0.1, 0.15) is 43.0 Å². The molecule has 0 saturated heterocycles. The number of rotatable bonds is 3. The highest BCUT2D eigenvalue weighted by atomic mass is 19.1. The Hall–Kier alpha value is -1.64. The first-order chi connectivity index (χ1) is 9.70. The molecule has 3 heteroatoms. The number of fused-ring (bicyclic) bond motifs is 2. The molecule has 0 saturated carbocycles. The fraction of sp³-hybridized carbons (Fsp3) is 0.471. The highest BCUT2D eigenvalue weighted by Crippen LogP contribution is 2.34. The Balaban J connectivity index is 2.27. The van der Waals surface area contributed by atoms with E-state index in [9.17, 15) is 4.39 Å². The number of hydrogen-bond acceptors (Lipinski definition) is 2. The molecule has 0 atom stereocenters. The summed E-state index contributed by atoms with van der Waals surface area (Å²) >= 11 is 0. The van der Waals surface area contributed by atoms with Gasteiger partial charge in [-0.25, -0.2) is 9.37 Å². The minimum absolute atomic E-state index is 0.201. The van der Waals surface area contributed by atoms with Crippen LogP contribution in [0.2, 0.25) is 0 Å². The summed E-state index contributed by atoms with van der Waals surface area (Å²) in [7, 11) is 0. The van der Waals surface area contributed by atoms with E-state index in [-0.39, 0.29) is 5.82 Å². The third-order valence-corrected chi connectivity index (χ3v) is 4.02. The maximum Gasteiger partial charge on any atom is 0.149 e. The van der Waals surface area contributed by atoms with E-state index in [1.807, 2.05) is 6.92 Å². The standard InChI is InChI=1S/C17H21FN2/c1-3-8-19-16-12-6-4-5-7-15(12)20-17-13(16)9-11(2)10-14(17)18/h9-10H,3-8H2,1-2H3,(H,19,20). The quantitative estimate of drug-likeness (QED) is 0.896. The number of nitrogens with zero attached hydrogens (tertiary/aromatic N) is 1. The first kappa shape index (κ1) is 13.3. The molecule has 1 aromatic carbocycles. The van der Waals surface area contributed by atoms with E-state index < -0.39 is 0 Å². The highest BCUT2D eigenvalue weighted by Gasteiger charge is 2.19. The maximum absolute atomic E-state index is 14.2. The fourth-order valence-corrected chi connectivity index (χ4v) is 3.07. The second-order valence-electron chi connectivity index (χ2n) is 5.69. The second kappa shape index (κ2) is 5.39. The number of benzene rings is 1. The van der Waals surface area contributed by atoms with Crippen molar-refractivity contribution in [2.24, 2.45) is 0 Å². The summed E-state index contributed by atoms with van der Waals surface area (Å²) in [6.45, 7) is 5.00. The second-order valence-corrected chi connectivity index (χ2v) is 5.69. The summed E-state index contributed by atoms with van der Waals surface area (Å²) in [6, 6.07) is 3.63. The fourth-order valence-electron chi connectivity index (χ4n) is 3.07. The minimum atomic E-state index is -0.201. The molecule has 1 N–H and O–H groups in total.